The van der Waals surface area contributed by atoms with Crippen LogP contribution in [0.2, 0.25) is 0 Å². The number of nitrogens with zero attached hydrogens (tertiary/aromatic N) is 2. The van der Waals surface area contributed by atoms with Gasteiger partial charge in [0.15, 0.2) is 16.7 Å². The number of hydrogen-bond acceptors (Lipinski definition) is 7. The molecule has 3 aromatic rings. The fraction of sp³-hybridized carbons (Fsp3) is 0.222. The first-order valence-electron chi connectivity index (χ1n) is 7.79. The molecule has 0 amide bonds. The van der Waals surface area contributed by atoms with Gasteiger partial charge in [-0.2, -0.15) is 0 Å². The van der Waals surface area contributed by atoms with E-state index in [0.29, 0.717) is 23.9 Å². The number of ether oxygens (including phenoxy) is 3. The smallest absolute Gasteiger partial charge is 0.188 e. The highest BCUT2D eigenvalue weighted by molar-refractivity contribution is 7.13. The fourth-order valence-corrected chi connectivity index (χ4v) is 2.69. The number of methoxy groups -OCH3 is 1. The van der Waals surface area contributed by atoms with E-state index in [0.717, 1.165) is 10.9 Å². The number of rotatable bonds is 8. The molecule has 1 unspecified atom stereocenters. The van der Waals surface area contributed by atoms with Gasteiger partial charge < -0.3 is 19.5 Å². The number of anilines is 2. The van der Waals surface area contributed by atoms with Crippen molar-refractivity contribution in [2.24, 2.45) is 0 Å². The van der Waals surface area contributed by atoms with Crippen LogP contribution in [0, 0.1) is 0 Å². The molecule has 0 saturated heterocycles. The third kappa shape index (κ3) is 4.91. The lowest BCUT2D eigenvalue weighted by atomic mass is 10.3. The van der Waals surface area contributed by atoms with Crippen molar-refractivity contribution in [2.75, 3.05) is 19.0 Å². The van der Waals surface area contributed by atoms with Gasteiger partial charge in [-0.15, -0.1) is 11.3 Å². The van der Waals surface area contributed by atoms with Crippen LogP contribution >= 0.6 is 11.3 Å². The van der Waals surface area contributed by atoms with Crippen molar-refractivity contribution in [3.05, 3.63) is 54.2 Å². The summed E-state index contributed by atoms with van der Waals surface area (Å²) in [4.78, 5) is 8.64. The van der Waals surface area contributed by atoms with Crippen LogP contribution < -0.4 is 14.8 Å². The first-order chi connectivity index (χ1) is 12.2. The summed E-state index contributed by atoms with van der Waals surface area (Å²) in [6.07, 6.45) is 3.25. The van der Waals surface area contributed by atoms with Crippen LogP contribution in [-0.4, -0.2) is 29.8 Å². The number of thiazole rings is 1. The van der Waals surface area contributed by atoms with E-state index in [4.69, 9.17) is 14.2 Å². The molecular weight excluding hydrogens is 338 g/mol. The molecule has 130 valence electrons. The minimum atomic E-state index is -0.129. The molecule has 2 heterocycles. The predicted octanol–water partition coefficient (Wildman–Crippen LogP) is 4.49. The molecule has 0 aliphatic rings. The zero-order valence-corrected chi connectivity index (χ0v) is 14.8. The summed E-state index contributed by atoms with van der Waals surface area (Å²) in [6, 6.07) is 11.3. The zero-order chi connectivity index (χ0) is 17.5. The van der Waals surface area contributed by atoms with E-state index in [-0.39, 0.29) is 6.10 Å². The van der Waals surface area contributed by atoms with Gasteiger partial charge in [0.25, 0.3) is 0 Å². The Morgan fingerprint density at radius 2 is 2.00 bits per heavy atom. The second-order valence-electron chi connectivity index (χ2n) is 5.28. The molecule has 3 rings (SSSR count). The lowest BCUT2D eigenvalue weighted by Gasteiger charge is -2.17. The van der Waals surface area contributed by atoms with Gasteiger partial charge in [-0.1, -0.05) is 18.2 Å². The van der Waals surface area contributed by atoms with Gasteiger partial charge >= 0.3 is 0 Å². The monoisotopic (exact) mass is 357 g/mol. The summed E-state index contributed by atoms with van der Waals surface area (Å²) in [5.74, 6) is 2.49. The second kappa shape index (κ2) is 8.46. The molecule has 0 radical (unpaired) electrons. The molecule has 0 bridgehead atoms. The summed E-state index contributed by atoms with van der Waals surface area (Å²) in [5.41, 5.74) is 0. The van der Waals surface area contributed by atoms with Crippen molar-refractivity contribution < 1.29 is 14.2 Å². The average Bonchev–Trinajstić information content (AvgIpc) is 3.11. The maximum Gasteiger partial charge on any atom is 0.188 e. The van der Waals surface area contributed by atoms with Gasteiger partial charge in [-0.3, -0.25) is 0 Å². The van der Waals surface area contributed by atoms with Gasteiger partial charge in [0.05, 0.1) is 12.8 Å². The molecule has 0 fully saturated rings. The molecule has 7 heteroatoms. The molecule has 0 aliphatic carbocycles. The summed E-state index contributed by atoms with van der Waals surface area (Å²) in [5, 5.41) is 5.80. The minimum Gasteiger partial charge on any atom is -0.484 e. The molecular formula is C18H19N3O3S. The van der Waals surface area contributed by atoms with Crippen LogP contribution in [0.4, 0.5) is 10.9 Å². The number of pyridine rings is 1. The lowest BCUT2D eigenvalue weighted by Crippen LogP contribution is -2.18. The molecule has 0 saturated carbocycles. The standard InChI is InChI=1S/C18H19N3O3S/c1-13(12-22-2)23-16-10-15(24-14-6-4-3-5-7-14)11-20-17(16)21-18-19-8-9-25-18/h3-11,13H,12H2,1-2H3,(H,19,20,21). The van der Waals surface area contributed by atoms with Crippen LogP contribution in [0.25, 0.3) is 0 Å². The van der Waals surface area contributed by atoms with E-state index in [1.807, 2.05) is 48.7 Å². The Morgan fingerprint density at radius 3 is 2.72 bits per heavy atom. The highest BCUT2D eigenvalue weighted by Gasteiger charge is 2.13. The Kier molecular flexibility index (Phi) is 5.81. The average molecular weight is 357 g/mol. The van der Waals surface area contributed by atoms with Gasteiger partial charge in [0, 0.05) is 24.8 Å². The Hall–Kier alpha value is -2.64. The van der Waals surface area contributed by atoms with Gasteiger partial charge in [-0.25, -0.2) is 9.97 Å². The third-order valence-corrected chi connectivity index (χ3v) is 3.88. The normalized spacial score (nSPS) is 11.8. The van der Waals surface area contributed by atoms with E-state index in [9.17, 15) is 0 Å². The zero-order valence-electron chi connectivity index (χ0n) is 14.0. The Bertz CT molecular complexity index is 782. The maximum atomic E-state index is 5.96. The highest BCUT2D eigenvalue weighted by atomic mass is 32.1. The van der Waals surface area contributed by atoms with Crippen LogP contribution in [-0.2, 0) is 4.74 Å². The molecule has 0 spiro atoms. The maximum absolute atomic E-state index is 5.96. The molecule has 25 heavy (non-hydrogen) atoms. The van der Waals surface area contributed by atoms with Gasteiger partial charge in [0.2, 0.25) is 0 Å². The van der Waals surface area contributed by atoms with Crippen LogP contribution in [0.1, 0.15) is 6.92 Å². The number of hydrogen-bond donors (Lipinski definition) is 1. The summed E-state index contributed by atoms with van der Waals surface area (Å²) in [7, 11) is 1.64. The van der Waals surface area contributed by atoms with Gasteiger partial charge in [-0.05, 0) is 19.1 Å². The van der Waals surface area contributed by atoms with E-state index < -0.39 is 0 Å². The first kappa shape index (κ1) is 17.2. The molecule has 1 aromatic carbocycles. The molecule has 0 aliphatic heterocycles. The van der Waals surface area contributed by atoms with Gasteiger partial charge in [0.1, 0.15) is 17.6 Å². The van der Waals surface area contributed by atoms with Crippen molar-refractivity contribution in [3.8, 4) is 17.2 Å². The van der Waals surface area contributed by atoms with E-state index in [2.05, 4.69) is 15.3 Å². The van der Waals surface area contributed by atoms with Crippen molar-refractivity contribution in [1.82, 2.24) is 9.97 Å². The van der Waals surface area contributed by atoms with Crippen molar-refractivity contribution >= 4 is 22.3 Å². The van der Waals surface area contributed by atoms with Crippen LogP contribution in [0.15, 0.2) is 54.2 Å². The quantitative estimate of drug-likeness (QED) is 0.641. The van der Waals surface area contributed by atoms with Crippen molar-refractivity contribution in [1.29, 1.82) is 0 Å². The van der Waals surface area contributed by atoms with Crippen molar-refractivity contribution in [2.45, 2.75) is 13.0 Å². The second-order valence-corrected chi connectivity index (χ2v) is 6.17. The summed E-state index contributed by atoms with van der Waals surface area (Å²) < 4.78 is 16.9. The summed E-state index contributed by atoms with van der Waals surface area (Å²) >= 11 is 1.49. The predicted molar refractivity (Wildman–Crippen MR) is 98.1 cm³/mol. The van der Waals surface area contributed by atoms with E-state index in [1.54, 1.807) is 19.5 Å². The largest absolute Gasteiger partial charge is 0.484 e. The molecule has 2 aromatic heterocycles. The van der Waals surface area contributed by atoms with E-state index in [1.165, 1.54) is 11.3 Å². The Balaban J connectivity index is 1.83. The highest BCUT2D eigenvalue weighted by Crippen LogP contribution is 2.32. The number of nitrogens with one attached hydrogen (secondary N) is 1. The number of para-hydroxylation sites is 1. The third-order valence-electron chi connectivity index (χ3n) is 3.19. The first-order valence-corrected chi connectivity index (χ1v) is 8.67. The fourth-order valence-electron chi connectivity index (χ4n) is 2.16. The minimum absolute atomic E-state index is 0.129. The topological polar surface area (TPSA) is 65.5 Å². The number of aromatic nitrogens is 2. The lowest BCUT2D eigenvalue weighted by molar-refractivity contribution is 0.0922. The van der Waals surface area contributed by atoms with Crippen LogP contribution in [0.3, 0.4) is 0 Å². The SMILES string of the molecule is COCC(C)Oc1cc(Oc2ccccc2)cnc1Nc1nccs1. The summed E-state index contributed by atoms with van der Waals surface area (Å²) in [6.45, 7) is 2.40. The van der Waals surface area contributed by atoms with E-state index >= 15 is 0 Å². The number of benzene rings is 1. The van der Waals surface area contributed by atoms with Crippen LogP contribution in [0.5, 0.6) is 17.2 Å². The molecule has 6 nitrogen and oxygen atoms in total. The Labute approximate surface area is 150 Å². The Morgan fingerprint density at radius 1 is 1.16 bits per heavy atom. The molecule has 1 atom stereocenters. The van der Waals surface area contributed by atoms with Crippen molar-refractivity contribution in [3.63, 3.8) is 0 Å². The molecule has 1 N–H and O–H groups in total.